The summed E-state index contributed by atoms with van der Waals surface area (Å²) >= 11 is 6.01. The molecule has 4 nitrogen and oxygen atoms in total. The molecule has 0 saturated heterocycles. The van der Waals surface area contributed by atoms with Crippen molar-refractivity contribution in [2.45, 2.75) is 60.0 Å². The molecule has 0 fully saturated rings. The van der Waals surface area contributed by atoms with Gasteiger partial charge in [-0.25, -0.2) is 0 Å². The zero-order valence-corrected chi connectivity index (χ0v) is 19.4. The van der Waals surface area contributed by atoms with E-state index in [2.05, 4.69) is 25.2 Å². The van der Waals surface area contributed by atoms with Gasteiger partial charge in [0.2, 0.25) is 11.8 Å². The van der Waals surface area contributed by atoms with Gasteiger partial charge >= 0.3 is 0 Å². The Labute approximate surface area is 185 Å². The molecule has 1 unspecified atom stereocenters. The van der Waals surface area contributed by atoms with Gasteiger partial charge in [0.15, 0.2) is 0 Å². The lowest BCUT2D eigenvalue weighted by molar-refractivity contribution is -0.141. The van der Waals surface area contributed by atoms with Gasteiger partial charge in [0.25, 0.3) is 0 Å². The fourth-order valence-corrected chi connectivity index (χ4v) is 3.70. The minimum Gasteiger partial charge on any atom is -0.354 e. The highest BCUT2D eigenvalue weighted by molar-refractivity contribution is 6.30. The van der Waals surface area contributed by atoms with Crippen LogP contribution in [0.4, 0.5) is 0 Å². The Hall–Kier alpha value is -2.33. The van der Waals surface area contributed by atoms with Crippen LogP contribution in [-0.2, 0) is 22.6 Å². The van der Waals surface area contributed by atoms with E-state index in [4.69, 9.17) is 11.6 Å². The second-order valence-corrected chi connectivity index (χ2v) is 8.82. The number of hydrogen-bond donors (Lipinski definition) is 1. The molecule has 162 valence electrons. The van der Waals surface area contributed by atoms with E-state index in [9.17, 15) is 9.59 Å². The van der Waals surface area contributed by atoms with Crippen LogP contribution in [0.3, 0.4) is 0 Å². The SMILES string of the molecule is CCC(C(=O)NCC(C)C)N(Cc1ccc(Cl)cc1)C(=O)Cc1cc(C)cc(C)c1. The Balaban J connectivity index is 2.29. The molecule has 0 aliphatic rings. The molecule has 2 amide bonds. The second-order valence-electron chi connectivity index (χ2n) is 8.38. The molecule has 2 aromatic carbocycles. The maximum atomic E-state index is 13.4. The first kappa shape index (κ1) is 23.9. The molecule has 0 aromatic heterocycles. The summed E-state index contributed by atoms with van der Waals surface area (Å²) in [5.74, 6) is 0.192. The Kier molecular flexibility index (Phi) is 8.91. The summed E-state index contributed by atoms with van der Waals surface area (Å²) in [5.41, 5.74) is 4.17. The van der Waals surface area contributed by atoms with Crippen molar-refractivity contribution in [1.82, 2.24) is 10.2 Å². The maximum absolute atomic E-state index is 13.4. The monoisotopic (exact) mass is 428 g/mol. The first-order valence-electron chi connectivity index (χ1n) is 10.6. The van der Waals surface area contributed by atoms with Crippen molar-refractivity contribution in [2.75, 3.05) is 6.54 Å². The summed E-state index contributed by atoms with van der Waals surface area (Å²) in [7, 11) is 0. The van der Waals surface area contributed by atoms with Crippen molar-refractivity contribution in [3.63, 3.8) is 0 Å². The quantitative estimate of drug-likeness (QED) is 0.605. The highest BCUT2D eigenvalue weighted by atomic mass is 35.5. The Morgan fingerprint density at radius 3 is 2.13 bits per heavy atom. The van der Waals surface area contributed by atoms with Gasteiger partial charge in [0.05, 0.1) is 6.42 Å². The Morgan fingerprint density at radius 1 is 1.00 bits per heavy atom. The third-order valence-electron chi connectivity index (χ3n) is 4.97. The van der Waals surface area contributed by atoms with E-state index in [0.29, 0.717) is 30.5 Å². The van der Waals surface area contributed by atoms with E-state index < -0.39 is 6.04 Å². The summed E-state index contributed by atoms with van der Waals surface area (Å²) < 4.78 is 0. The summed E-state index contributed by atoms with van der Waals surface area (Å²) in [6, 6.07) is 13.1. The van der Waals surface area contributed by atoms with Crippen molar-refractivity contribution in [3.05, 3.63) is 69.7 Å². The van der Waals surface area contributed by atoms with Gasteiger partial charge in [-0.3, -0.25) is 9.59 Å². The largest absolute Gasteiger partial charge is 0.354 e. The molecular weight excluding hydrogens is 396 g/mol. The van der Waals surface area contributed by atoms with Crippen molar-refractivity contribution in [1.29, 1.82) is 0 Å². The number of hydrogen-bond acceptors (Lipinski definition) is 2. The number of aryl methyl sites for hydroxylation is 2. The Bertz CT molecular complexity index is 842. The average molecular weight is 429 g/mol. The summed E-state index contributed by atoms with van der Waals surface area (Å²) in [6.45, 7) is 11.1. The van der Waals surface area contributed by atoms with Crippen molar-refractivity contribution < 1.29 is 9.59 Å². The highest BCUT2D eigenvalue weighted by Gasteiger charge is 2.28. The first-order chi connectivity index (χ1) is 14.2. The number of halogens is 1. The summed E-state index contributed by atoms with van der Waals surface area (Å²) in [4.78, 5) is 28.0. The minimum atomic E-state index is -0.516. The molecule has 0 radical (unpaired) electrons. The van der Waals surface area contributed by atoms with E-state index in [1.807, 2.05) is 57.2 Å². The van der Waals surface area contributed by atoms with Crippen LogP contribution < -0.4 is 5.32 Å². The number of amides is 2. The van der Waals surface area contributed by atoms with Crippen LogP contribution >= 0.6 is 11.6 Å². The molecular formula is C25H33ClN2O2. The molecule has 0 saturated carbocycles. The first-order valence-corrected chi connectivity index (χ1v) is 11.0. The molecule has 2 rings (SSSR count). The number of rotatable bonds is 9. The van der Waals surface area contributed by atoms with Gasteiger partial charge < -0.3 is 10.2 Å². The molecule has 0 aliphatic heterocycles. The van der Waals surface area contributed by atoms with Gasteiger partial charge in [0.1, 0.15) is 6.04 Å². The molecule has 2 aromatic rings. The topological polar surface area (TPSA) is 49.4 Å². The third kappa shape index (κ3) is 7.17. The predicted molar refractivity (Wildman–Crippen MR) is 124 cm³/mol. The van der Waals surface area contributed by atoms with Crippen LogP contribution in [0.15, 0.2) is 42.5 Å². The van der Waals surface area contributed by atoms with Crippen molar-refractivity contribution in [3.8, 4) is 0 Å². The lowest BCUT2D eigenvalue weighted by Crippen LogP contribution is -2.50. The predicted octanol–water partition coefficient (Wildman–Crippen LogP) is 5.08. The number of benzene rings is 2. The molecule has 1 N–H and O–H groups in total. The zero-order chi connectivity index (χ0) is 22.3. The van der Waals surface area contributed by atoms with Crippen molar-refractivity contribution >= 4 is 23.4 Å². The van der Waals surface area contributed by atoms with Gasteiger partial charge in [0, 0.05) is 18.1 Å². The van der Waals surface area contributed by atoms with Crippen LogP contribution in [0.25, 0.3) is 0 Å². The molecule has 30 heavy (non-hydrogen) atoms. The van der Waals surface area contributed by atoms with E-state index in [1.165, 1.54) is 0 Å². The minimum absolute atomic E-state index is 0.0542. The summed E-state index contributed by atoms with van der Waals surface area (Å²) in [6.07, 6.45) is 0.820. The number of nitrogens with one attached hydrogen (secondary N) is 1. The van der Waals surface area contributed by atoms with E-state index in [0.717, 1.165) is 22.3 Å². The van der Waals surface area contributed by atoms with Crippen LogP contribution in [0, 0.1) is 19.8 Å². The van der Waals surface area contributed by atoms with Gasteiger partial charge in [-0.2, -0.15) is 0 Å². The number of carbonyl (C=O) groups is 2. The Morgan fingerprint density at radius 2 is 1.60 bits per heavy atom. The fraction of sp³-hybridized carbons (Fsp3) is 0.440. The molecule has 0 heterocycles. The lowest BCUT2D eigenvalue weighted by Gasteiger charge is -2.31. The van der Waals surface area contributed by atoms with Gasteiger partial charge in [-0.1, -0.05) is 73.8 Å². The normalized spacial score (nSPS) is 12.0. The van der Waals surface area contributed by atoms with E-state index in [-0.39, 0.29) is 18.2 Å². The standard InChI is InChI=1S/C25H33ClN2O2/c1-6-23(25(30)27-15-17(2)3)28(16-20-7-9-22(26)10-8-20)24(29)14-21-12-18(4)11-19(5)13-21/h7-13,17,23H,6,14-16H2,1-5H3,(H,27,30). The third-order valence-corrected chi connectivity index (χ3v) is 5.23. The average Bonchev–Trinajstić information content (AvgIpc) is 2.66. The smallest absolute Gasteiger partial charge is 0.242 e. The number of nitrogens with zero attached hydrogens (tertiary/aromatic N) is 1. The molecule has 0 spiro atoms. The zero-order valence-electron chi connectivity index (χ0n) is 18.7. The molecule has 0 aliphatic carbocycles. The van der Waals surface area contributed by atoms with E-state index >= 15 is 0 Å². The van der Waals surface area contributed by atoms with Gasteiger partial charge in [-0.15, -0.1) is 0 Å². The molecule has 5 heteroatoms. The van der Waals surface area contributed by atoms with Crippen molar-refractivity contribution in [2.24, 2.45) is 5.92 Å². The van der Waals surface area contributed by atoms with Crippen LogP contribution in [0.2, 0.25) is 5.02 Å². The van der Waals surface area contributed by atoms with Gasteiger partial charge in [-0.05, 0) is 49.4 Å². The van der Waals surface area contributed by atoms with Crippen LogP contribution in [0.5, 0.6) is 0 Å². The van der Waals surface area contributed by atoms with Crippen LogP contribution in [-0.4, -0.2) is 29.3 Å². The lowest BCUT2D eigenvalue weighted by atomic mass is 10.0. The van der Waals surface area contributed by atoms with Crippen LogP contribution in [0.1, 0.15) is 49.4 Å². The fourth-order valence-electron chi connectivity index (χ4n) is 3.58. The number of carbonyl (C=O) groups excluding carboxylic acids is 2. The highest BCUT2D eigenvalue weighted by Crippen LogP contribution is 2.18. The maximum Gasteiger partial charge on any atom is 0.242 e. The van der Waals surface area contributed by atoms with E-state index in [1.54, 1.807) is 4.90 Å². The summed E-state index contributed by atoms with van der Waals surface area (Å²) in [5, 5.41) is 3.64. The second kappa shape index (κ2) is 11.2. The molecule has 0 bridgehead atoms. The molecule has 1 atom stereocenters.